The van der Waals surface area contributed by atoms with Crippen LogP contribution >= 0.6 is 0 Å². The van der Waals surface area contributed by atoms with Crippen molar-refractivity contribution < 1.29 is 13.9 Å². The van der Waals surface area contributed by atoms with Crippen LogP contribution in [0, 0.1) is 5.82 Å². The molecule has 2 aromatic carbocycles. The Bertz CT molecular complexity index is 992. The van der Waals surface area contributed by atoms with Crippen molar-refractivity contribution >= 4 is 22.7 Å². The first-order chi connectivity index (χ1) is 13.1. The van der Waals surface area contributed by atoms with Gasteiger partial charge in [-0.2, -0.15) is 0 Å². The molecule has 0 spiro atoms. The molecule has 27 heavy (non-hydrogen) atoms. The first-order valence-corrected chi connectivity index (χ1v) is 8.86. The van der Waals surface area contributed by atoms with E-state index in [1.165, 1.54) is 24.8 Å². The molecule has 0 unspecified atom stereocenters. The fourth-order valence-electron chi connectivity index (χ4n) is 3.54. The predicted octanol–water partition coefficient (Wildman–Crippen LogP) is 4.11. The van der Waals surface area contributed by atoms with Crippen LogP contribution in [-0.2, 0) is 24.2 Å². The Morgan fingerprint density at radius 2 is 2.07 bits per heavy atom. The number of fused-ring (bicyclic) bond motifs is 2. The zero-order chi connectivity index (χ0) is 18.8. The Labute approximate surface area is 156 Å². The summed E-state index contributed by atoms with van der Waals surface area (Å²) < 4.78 is 18.6. The normalized spacial score (nSPS) is 14.0. The highest BCUT2D eigenvalue weighted by atomic mass is 19.1. The van der Waals surface area contributed by atoms with Crippen molar-refractivity contribution in [2.45, 2.75) is 19.5 Å². The molecule has 0 bridgehead atoms. The van der Waals surface area contributed by atoms with E-state index in [1.807, 2.05) is 18.2 Å². The minimum atomic E-state index is -0.575. The van der Waals surface area contributed by atoms with Gasteiger partial charge in [-0.3, -0.25) is 15.2 Å². The summed E-state index contributed by atoms with van der Waals surface area (Å²) in [7, 11) is 1.31. The maximum Gasteiger partial charge on any atom is 0.411 e. The standard InChI is InChI=1S/C21H20FN3O2/c1-27-21(26)24-20-16-11-15(22)7-8-18(16)23-19-9-10-25(13-17(19)20)12-14-5-3-2-4-6-14/h2-8,11H,9-10,12-13H2,1H3,(H,23,24,26). The van der Waals surface area contributed by atoms with Gasteiger partial charge in [-0.05, 0) is 23.8 Å². The van der Waals surface area contributed by atoms with Gasteiger partial charge in [0, 0.05) is 42.7 Å². The topological polar surface area (TPSA) is 54.5 Å². The summed E-state index contributed by atoms with van der Waals surface area (Å²) in [5, 5.41) is 3.36. The van der Waals surface area contributed by atoms with Gasteiger partial charge in [0.2, 0.25) is 0 Å². The molecule has 0 saturated heterocycles. The van der Waals surface area contributed by atoms with Gasteiger partial charge in [-0.15, -0.1) is 0 Å². The van der Waals surface area contributed by atoms with Crippen molar-refractivity contribution in [3.63, 3.8) is 0 Å². The molecule has 2 heterocycles. The van der Waals surface area contributed by atoms with E-state index in [1.54, 1.807) is 6.07 Å². The van der Waals surface area contributed by atoms with Crippen LogP contribution in [0.1, 0.15) is 16.8 Å². The summed E-state index contributed by atoms with van der Waals surface area (Å²) in [6, 6.07) is 14.7. The second-order valence-electron chi connectivity index (χ2n) is 6.64. The third-order valence-electron chi connectivity index (χ3n) is 4.84. The van der Waals surface area contributed by atoms with Crippen LogP contribution in [0.2, 0.25) is 0 Å². The summed E-state index contributed by atoms with van der Waals surface area (Å²) in [6.45, 7) is 2.31. The molecule has 138 valence electrons. The van der Waals surface area contributed by atoms with E-state index in [4.69, 9.17) is 9.72 Å². The molecule has 0 atom stereocenters. The lowest BCUT2D eigenvalue weighted by Crippen LogP contribution is -2.31. The first-order valence-electron chi connectivity index (χ1n) is 8.86. The molecule has 1 N–H and O–H groups in total. The number of pyridine rings is 1. The van der Waals surface area contributed by atoms with Gasteiger partial charge < -0.3 is 4.74 Å². The lowest BCUT2D eigenvalue weighted by atomic mass is 9.99. The number of anilines is 1. The minimum absolute atomic E-state index is 0.367. The van der Waals surface area contributed by atoms with Crippen molar-refractivity contribution in [3.8, 4) is 0 Å². The molecule has 1 aliphatic rings. The van der Waals surface area contributed by atoms with Crippen LogP contribution < -0.4 is 5.32 Å². The molecule has 5 nitrogen and oxygen atoms in total. The van der Waals surface area contributed by atoms with Crippen LogP contribution in [0.25, 0.3) is 10.9 Å². The molecule has 4 rings (SSSR count). The Morgan fingerprint density at radius 1 is 1.26 bits per heavy atom. The summed E-state index contributed by atoms with van der Waals surface area (Å²) in [5.41, 5.74) is 4.32. The number of aromatic nitrogens is 1. The number of methoxy groups -OCH3 is 1. The number of halogens is 1. The van der Waals surface area contributed by atoms with E-state index in [0.29, 0.717) is 23.1 Å². The van der Waals surface area contributed by atoms with Gasteiger partial charge >= 0.3 is 6.09 Å². The number of rotatable bonds is 3. The van der Waals surface area contributed by atoms with Gasteiger partial charge in [-0.1, -0.05) is 30.3 Å². The van der Waals surface area contributed by atoms with E-state index >= 15 is 0 Å². The average Bonchev–Trinajstić information content (AvgIpc) is 2.69. The second kappa shape index (κ2) is 7.32. The number of ether oxygens (including phenoxy) is 1. The van der Waals surface area contributed by atoms with E-state index in [9.17, 15) is 9.18 Å². The molecule has 0 radical (unpaired) electrons. The molecule has 1 amide bonds. The fourth-order valence-corrected chi connectivity index (χ4v) is 3.54. The Balaban J connectivity index is 1.74. The van der Waals surface area contributed by atoms with Crippen molar-refractivity contribution in [1.29, 1.82) is 0 Å². The maximum atomic E-state index is 13.9. The highest BCUT2D eigenvalue weighted by Crippen LogP contribution is 2.33. The lowest BCUT2D eigenvalue weighted by Gasteiger charge is -2.30. The monoisotopic (exact) mass is 365 g/mol. The van der Waals surface area contributed by atoms with Crippen molar-refractivity contribution in [3.05, 3.63) is 71.2 Å². The summed E-state index contributed by atoms with van der Waals surface area (Å²) in [4.78, 5) is 18.9. The number of carbonyl (C=O) groups excluding carboxylic acids is 1. The number of carbonyl (C=O) groups is 1. The zero-order valence-corrected chi connectivity index (χ0v) is 15.0. The SMILES string of the molecule is COC(=O)Nc1c2c(nc3ccc(F)cc13)CCN(Cc1ccccc1)C2. The van der Waals surface area contributed by atoms with Gasteiger partial charge in [0.15, 0.2) is 0 Å². The average molecular weight is 365 g/mol. The van der Waals surface area contributed by atoms with Crippen LogP contribution in [0.4, 0.5) is 14.9 Å². The highest BCUT2D eigenvalue weighted by Gasteiger charge is 2.24. The molecular formula is C21H20FN3O2. The van der Waals surface area contributed by atoms with E-state index in [0.717, 1.165) is 30.8 Å². The van der Waals surface area contributed by atoms with Crippen molar-refractivity contribution in [1.82, 2.24) is 9.88 Å². The summed E-state index contributed by atoms with van der Waals surface area (Å²) >= 11 is 0. The molecule has 6 heteroatoms. The quantitative estimate of drug-likeness (QED) is 0.759. The lowest BCUT2D eigenvalue weighted by molar-refractivity contribution is 0.186. The van der Waals surface area contributed by atoms with E-state index < -0.39 is 6.09 Å². The van der Waals surface area contributed by atoms with Crippen molar-refractivity contribution in [2.75, 3.05) is 19.0 Å². The van der Waals surface area contributed by atoms with Gasteiger partial charge in [0.05, 0.1) is 18.3 Å². The maximum absolute atomic E-state index is 13.9. The van der Waals surface area contributed by atoms with Gasteiger partial charge in [0.1, 0.15) is 5.82 Å². The van der Waals surface area contributed by atoms with Crippen LogP contribution in [0.3, 0.4) is 0 Å². The number of nitrogens with zero attached hydrogens (tertiary/aromatic N) is 2. The van der Waals surface area contributed by atoms with Gasteiger partial charge in [0.25, 0.3) is 0 Å². The largest absolute Gasteiger partial charge is 0.453 e. The van der Waals surface area contributed by atoms with E-state index in [-0.39, 0.29) is 5.82 Å². The first kappa shape index (κ1) is 17.4. The molecule has 0 fully saturated rings. The number of benzene rings is 2. The zero-order valence-electron chi connectivity index (χ0n) is 15.0. The Kier molecular flexibility index (Phi) is 4.73. The number of amides is 1. The van der Waals surface area contributed by atoms with Crippen molar-refractivity contribution in [2.24, 2.45) is 0 Å². The highest BCUT2D eigenvalue weighted by molar-refractivity contribution is 6.00. The molecule has 1 aliphatic heterocycles. The van der Waals surface area contributed by atoms with Crippen LogP contribution in [0.5, 0.6) is 0 Å². The molecule has 0 saturated carbocycles. The number of nitrogens with one attached hydrogen (secondary N) is 1. The summed E-state index contributed by atoms with van der Waals surface area (Å²) in [5.74, 6) is -0.367. The smallest absolute Gasteiger partial charge is 0.411 e. The Morgan fingerprint density at radius 3 is 2.85 bits per heavy atom. The summed E-state index contributed by atoms with van der Waals surface area (Å²) in [6.07, 6.45) is 0.194. The molecule has 3 aromatic rings. The van der Waals surface area contributed by atoms with E-state index in [2.05, 4.69) is 22.3 Å². The third-order valence-corrected chi connectivity index (χ3v) is 4.84. The van der Waals surface area contributed by atoms with Gasteiger partial charge in [-0.25, -0.2) is 9.18 Å². The third kappa shape index (κ3) is 3.61. The number of hydrogen-bond donors (Lipinski definition) is 1. The molecule has 0 aliphatic carbocycles. The molecule has 1 aromatic heterocycles. The van der Waals surface area contributed by atoms with Crippen LogP contribution in [0.15, 0.2) is 48.5 Å². The Hall–Kier alpha value is -2.99. The second-order valence-corrected chi connectivity index (χ2v) is 6.64. The minimum Gasteiger partial charge on any atom is -0.453 e. The predicted molar refractivity (Wildman–Crippen MR) is 102 cm³/mol. The molecular weight excluding hydrogens is 345 g/mol. The van der Waals surface area contributed by atoms with Crippen LogP contribution in [-0.4, -0.2) is 29.6 Å². The fraction of sp³-hybridized carbons (Fsp3) is 0.238. The number of hydrogen-bond acceptors (Lipinski definition) is 4.